The second-order valence-corrected chi connectivity index (χ2v) is 5.72. The van der Waals surface area contributed by atoms with Gasteiger partial charge >= 0.3 is 0 Å². The van der Waals surface area contributed by atoms with E-state index in [-0.39, 0.29) is 0 Å². The molecule has 1 aliphatic heterocycles. The van der Waals surface area contributed by atoms with Gasteiger partial charge in [-0.3, -0.25) is 0 Å². The lowest BCUT2D eigenvalue weighted by Crippen LogP contribution is -2.37. The van der Waals surface area contributed by atoms with Crippen molar-refractivity contribution in [3.05, 3.63) is 22.3 Å². The summed E-state index contributed by atoms with van der Waals surface area (Å²) in [6.45, 7) is 4.67. The second kappa shape index (κ2) is 6.73. The molecule has 0 saturated carbocycles. The summed E-state index contributed by atoms with van der Waals surface area (Å²) < 4.78 is 6.73. The van der Waals surface area contributed by atoms with Crippen molar-refractivity contribution in [1.82, 2.24) is 4.98 Å². The number of aromatic nitrogens is 1. The minimum Gasteiger partial charge on any atom is -0.377 e. The van der Waals surface area contributed by atoms with E-state index in [9.17, 15) is 0 Å². The molecule has 0 N–H and O–H groups in total. The minimum atomic E-state index is 0.358. The molecule has 1 aromatic rings. The predicted molar refractivity (Wildman–Crippen MR) is 78.6 cm³/mol. The molecule has 0 atom stereocenters. The average Bonchev–Trinajstić information content (AvgIpc) is 2.40. The van der Waals surface area contributed by atoms with Crippen molar-refractivity contribution < 1.29 is 4.74 Å². The first-order valence-corrected chi connectivity index (χ1v) is 7.59. The molecule has 1 aromatic heterocycles. The van der Waals surface area contributed by atoms with Gasteiger partial charge in [-0.05, 0) is 47.8 Å². The number of anilines is 1. The summed E-state index contributed by atoms with van der Waals surface area (Å²) in [6, 6.07) is 4.13. The molecule has 0 bridgehead atoms. The molecule has 1 fully saturated rings. The Morgan fingerprint density at radius 1 is 1.44 bits per heavy atom. The van der Waals surface area contributed by atoms with Gasteiger partial charge < -0.3 is 9.64 Å². The number of pyridine rings is 1. The van der Waals surface area contributed by atoms with Crippen LogP contribution in [0.4, 0.5) is 5.82 Å². The van der Waals surface area contributed by atoms with E-state index in [0.717, 1.165) is 41.9 Å². The van der Waals surface area contributed by atoms with Crippen molar-refractivity contribution in [3.8, 4) is 0 Å². The Hall–Kier alpha value is -0.320. The highest BCUT2D eigenvalue weighted by molar-refractivity contribution is 9.10. The van der Waals surface area contributed by atoms with Gasteiger partial charge in [0.2, 0.25) is 0 Å². The Morgan fingerprint density at radius 2 is 2.17 bits per heavy atom. The molecule has 100 valence electrons. The summed E-state index contributed by atoms with van der Waals surface area (Å²) >= 11 is 9.11. The molecular weight excluding hydrogens is 316 g/mol. The van der Waals surface area contributed by atoms with Crippen LogP contribution in [0.1, 0.15) is 18.5 Å². The van der Waals surface area contributed by atoms with Crippen LogP contribution in [0.2, 0.25) is 0 Å². The van der Waals surface area contributed by atoms with Gasteiger partial charge in [0.05, 0.1) is 18.4 Å². The first-order chi connectivity index (χ1) is 8.70. The molecule has 0 amide bonds. The minimum absolute atomic E-state index is 0.358. The van der Waals surface area contributed by atoms with Crippen LogP contribution >= 0.6 is 27.5 Å². The summed E-state index contributed by atoms with van der Waals surface area (Å²) in [5, 5.41) is 0. The van der Waals surface area contributed by atoms with E-state index < -0.39 is 0 Å². The predicted octanol–water partition coefficient (Wildman–Crippen LogP) is 3.38. The van der Waals surface area contributed by atoms with Gasteiger partial charge in [0.15, 0.2) is 0 Å². The van der Waals surface area contributed by atoms with Crippen molar-refractivity contribution >= 4 is 33.3 Å². The van der Waals surface area contributed by atoms with Crippen LogP contribution < -0.4 is 4.90 Å². The SMILES string of the molecule is Cc1nc(N2CCC(OCCCl)CC2)ccc1Br. The third-order valence-electron chi connectivity index (χ3n) is 3.20. The molecule has 5 heteroatoms. The normalized spacial score (nSPS) is 17.2. The van der Waals surface area contributed by atoms with Crippen molar-refractivity contribution in [2.45, 2.75) is 25.9 Å². The fourth-order valence-corrected chi connectivity index (χ4v) is 2.48. The number of alkyl halides is 1. The number of hydrogen-bond donors (Lipinski definition) is 0. The first kappa shape index (κ1) is 14.1. The van der Waals surface area contributed by atoms with Crippen LogP contribution in [0.5, 0.6) is 0 Å². The van der Waals surface area contributed by atoms with Crippen LogP contribution in [0.25, 0.3) is 0 Å². The maximum absolute atomic E-state index is 5.67. The maximum Gasteiger partial charge on any atom is 0.128 e. The number of halogens is 2. The Morgan fingerprint density at radius 3 is 2.78 bits per heavy atom. The van der Waals surface area contributed by atoms with Crippen molar-refractivity contribution in [3.63, 3.8) is 0 Å². The molecular formula is C13H18BrClN2O. The third-order valence-corrected chi connectivity index (χ3v) is 4.20. The molecule has 0 spiro atoms. The lowest BCUT2D eigenvalue weighted by atomic mass is 10.1. The zero-order chi connectivity index (χ0) is 13.0. The highest BCUT2D eigenvalue weighted by Gasteiger charge is 2.20. The van der Waals surface area contributed by atoms with Crippen LogP contribution in [0, 0.1) is 6.92 Å². The summed E-state index contributed by atoms with van der Waals surface area (Å²) in [5.41, 5.74) is 1.04. The second-order valence-electron chi connectivity index (χ2n) is 4.48. The molecule has 18 heavy (non-hydrogen) atoms. The van der Waals surface area contributed by atoms with Gasteiger partial charge in [0.25, 0.3) is 0 Å². The molecule has 0 aliphatic carbocycles. The Kier molecular flexibility index (Phi) is 5.27. The zero-order valence-corrected chi connectivity index (χ0v) is 12.9. The lowest BCUT2D eigenvalue weighted by molar-refractivity contribution is 0.0471. The van der Waals surface area contributed by atoms with Crippen LogP contribution in [-0.2, 0) is 4.74 Å². The Bertz CT molecular complexity index is 395. The zero-order valence-electron chi connectivity index (χ0n) is 10.5. The van der Waals surface area contributed by atoms with Gasteiger partial charge in [-0.25, -0.2) is 4.98 Å². The molecule has 2 heterocycles. The summed E-state index contributed by atoms with van der Waals surface area (Å²) in [7, 11) is 0. The van der Waals surface area contributed by atoms with Crippen LogP contribution in [0.3, 0.4) is 0 Å². The molecule has 1 saturated heterocycles. The van der Waals surface area contributed by atoms with E-state index in [1.165, 1.54) is 0 Å². The number of ether oxygens (including phenoxy) is 1. The van der Waals surface area contributed by atoms with E-state index in [0.29, 0.717) is 18.6 Å². The smallest absolute Gasteiger partial charge is 0.128 e. The van der Waals surface area contributed by atoms with Crippen molar-refractivity contribution in [2.75, 3.05) is 30.5 Å². The molecule has 0 aromatic carbocycles. The fraction of sp³-hybridized carbons (Fsp3) is 0.615. The summed E-state index contributed by atoms with van der Waals surface area (Å²) in [4.78, 5) is 6.92. The summed E-state index contributed by atoms with van der Waals surface area (Å²) in [6.07, 6.45) is 2.46. The number of hydrogen-bond acceptors (Lipinski definition) is 3. The lowest BCUT2D eigenvalue weighted by Gasteiger charge is -2.32. The largest absolute Gasteiger partial charge is 0.377 e. The van der Waals surface area contributed by atoms with Gasteiger partial charge in [-0.15, -0.1) is 11.6 Å². The van der Waals surface area contributed by atoms with Crippen LogP contribution in [-0.4, -0.2) is 36.7 Å². The quantitative estimate of drug-likeness (QED) is 0.790. The van der Waals surface area contributed by atoms with Crippen LogP contribution in [0.15, 0.2) is 16.6 Å². The molecule has 3 nitrogen and oxygen atoms in total. The van der Waals surface area contributed by atoms with E-state index in [1.807, 2.05) is 6.92 Å². The van der Waals surface area contributed by atoms with E-state index in [4.69, 9.17) is 16.3 Å². The topological polar surface area (TPSA) is 25.4 Å². The molecule has 1 aliphatic rings. The van der Waals surface area contributed by atoms with Gasteiger partial charge in [0, 0.05) is 23.4 Å². The first-order valence-electron chi connectivity index (χ1n) is 6.26. The highest BCUT2D eigenvalue weighted by atomic mass is 79.9. The summed E-state index contributed by atoms with van der Waals surface area (Å²) in [5.74, 6) is 1.64. The van der Waals surface area contributed by atoms with E-state index in [1.54, 1.807) is 0 Å². The maximum atomic E-state index is 5.67. The fourth-order valence-electron chi connectivity index (χ4n) is 2.17. The standard InChI is InChI=1S/C13H18BrClN2O/c1-10-12(14)2-3-13(16-10)17-7-4-11(5-8-17)18-9-6-15/h2-3,11H,4-9H2,1H3. The Labute approximate surface area is 122 Å². The van der Waals surface area contributed by atoms with Gasteiger partial charge in [-0.2, -0.15) is 0 Å². The number of nitrogens with zero attached hydrogens (tertiary/aromatic N) is 2. The highest BCUT2D eigenvalue weighted by Crippen LogP contribution is 2.23. The molecule has 0 unspecified atom stereocenters. The monoisotopic (exact) mass is 332 g/mol. The van der Waals surface area contributed by atoms with E-state index in [2.05, 4.69) is 37.9 Å². The molecule has 0 radical (unpaired) electrons. The number of piperidine rings is 1. The van der Waals surface area contributed by atoms with Gasteiger partial charge in [0.1, 0.15) is 5.82 Å². The third kappa shape index (κ3) is 3.59. The number of aryl methyl sites for hydroxylation is 1. The van der Waals surface area contributed by atoms with Crippen molar-refractivity contribution in [2.24, 2.45) is 0 Å². The average molecular weight is 334 g/mol. The van der Waals surface area contributed by atoms with Gasteiger partial charge in [-0.1, -0.05) is 0 Å². The van der Waals surface area contributed by atoms with Crippen molar-refractivity contribution in [1.29, 1.82) is 0 Å². The van der Waals surface area contributed by atoms with E-state index >= 15 is 0 Å². The Balaban J connectivity index is 1.90. The molecule has 2 rings (SSSR count). The number of rotatable bonds is 4.